The Bertz CT molecular complexity index is 3570. The van der Waals surface area contributed by atoms with Crippen molar-refractivity contribution in [3.63, 3.8) is 0 Å². The van der Waals surface area contributed by atoms with Gasteiger partial charge in [0.05, 0.1) is 33.6 Å². The number of benzene rings is 8. The van der Waals surface area contributed by atoms with Gasteiger partial charge in [0.2, 0.25) is 0 Å². The first kappa shape index (κ1) is 35.5. The van der Waals surface area contributed by atoms with E-state index >= 15 is 0 Å². The van der Waals surface area contributed by atoms with Crippen LogP contribution in [0.15, 0.2) is 224 Å². The summed E-state index contributed by atoms with van der Waals surface area (Å²) >= 11 is 0. The molecule has 5 nitrogen and oxygen atoms in total. The number of rotatable bonds is 7. The highest BCUT2D eigenvalue weighted by Gasteiger charge is 2.22. The van der Waals surface area contributed by atoms with Crippen LogP contribution in [0.4, 0.5) is 0 Å². The standard InChI is InChI=1S/C57H37N5/c1-4-18-38(19-5-1)54-55(39-20-6-2-7-21-39)60-62-53(36-41-24-10-11-29-46(41)56(54)62)44-27-16-25-42(34-44)49-37-50(59-57(58-49)40-22-8-3-9-23-40)43-26-17-28-45(35-43)61-51-32-14-12-30-47(51)48-31-13-15-33-52(48)61/h1-37H. The maximum absolute atomic E-state index is 5.45. The molecule has 0 aliphatic rings. The van der Waals surface area contributed by atoms with E-state index in [0.29, 0.717) is 5.82 Å². The van der Waals surface area contributed by atoms with Gasteiger partial charge >= 0.3 is 0 Å². The lowest BCUT2D eigenvalue weighted by Crippen LogP contribution is -1.98. The van der Waals surface area contributed by atoms with E-state index in [1.165, 1.54) is 21.8 Å². The van der Waals surface area contributed by atoms with Gasteiger partial charge in [-0.2, -0.15) is 5.10 Å². The van der Waals surface area contributed by atoms with Gasteiger partial charge in [-0.1, -0.05) is 182 Å². The predicted octanol–water partition coefficient (Wildman–Crippen LogP) is 14.4. The zero-order valence-corrected chi connectivity index (χ0v) is 33.6. The molecule has 12 rings (SSSR count). The first-order valence-corrected chi connectivity index (χ1v) is 20.9. The van der Waals surface area contributed by atoms with Crippen molar-refractivity contribution >= 4 is 38.1 Å². The highest BCUT2D eigenvalue weighted by Crippen LogP contribution is 2.42. The molecular formula is C57H37N5. The molecule has 0 aliphatic heterocycles. The molecule has 0 aliphatic carbocycles. The van der Waals surface area contributed by atoms with Gasteiger partial charge in [-0.05, 0) is 53.4 Å². The van der Waals surface area contributed by atoms with Gasteiger partial charge in [0, 0.05) is 55.2 Å². The average molecular weight is 792 g/mol. The third-order valence-corrected chi connectivity index (χ3v) is 11.9. The number of fused-ring (bicyclic) bond motifs is 6. The number of pyridine rings is 1. The van der Waals surface area contributed by atoms with Crippen molar-refractivity contribution in [1.82, 2.24) is 24.1 Å². The molecule has 0 N–H and O–H groups in total. The van der Waals surface area contributed by atoms with E-state index in [0.717, 1.165) is 83.7 Å². The molecule has 290 valence electrons. The average Bonchev–Trinajstić information content (AvgIpc) is 3.92. The highest BCUT2D eigenvalue weighted by molar-refractivity contribution is 6.10. The van der Waals surface area contributed by atoms with Crippen LogP contribution in [0.25, 0.3) is 111 Å². The zero-order chi connectivity index (χ0) is 41.0. The molecule has 8 aromatic carbocycles. The van der Waals surface area contributed by atoms with Crippen molar-refractivity contribution in [1.29, 1.82) is 0 Å². The Labute approximate surface area is 358 Å². The van der Waals surface area contributed by atoms with E-state index in [-0.39, 0.29) is 0 Å². The summed E-state index contributed by atoms with van der Waals surface area (Å²) in [6, 6.07) is 79.0. The van der Waals surface area contributed by atoms with Crippen molar-refractivity contribution in [3.8, 4) is 73.2 Å². The van der Waals surface area contributed by atoms with E-state index < -0.39 is 0 Å². The second-order valence-corrected chi connectivity index (χ2v) is 15.7. The molecule has 0 fully saturated rings. The minimum Gasteiger partial charge on any atom is -0.309 e. The summed E-state index contributed by atoms with van der Waals surface area (Å²) in [5.41, 5.74) is 15.4. The van der Waals surface area contributed by atoms with Crippen LogP contribution in [-0.2, 0) is 0 Å². The third kappa shape index (κ3) is 5.98. The molecule has 0 bridgehead atoms. The fraction of sp³-hybridized carbons (Fsp3) is 0. The maximum atomic E-state index is 5.45. The summed E-state index contributed by atoms with van der Waals surface area (Å²) in [6.45, 7) is 0. The molecule has 0 spiro atoms. The van der Waals surface area contributed by atoms with Crippen LogP contribution in [0.2, 0.25) is 0 Å². The minimum absolute atomic E-state index is 0.672. The lowest BCUT2D eigenvalue weighted by Gasteiger charge is -2.13. The summed E-state index contributed by atoms with van der Waals surface area (Å²) in [5, 5.41) is 10.2. The first-order valence-electron chi connectivity index (χ1n) is 20.9. The molecule has 0 atom stereocenters. The summed E-state index contributed by atoms with van der Waals surface area (Å²) in [6.07, 6.45) is 0. The van der Waals surface area contributed by atoms with E-state index in [9.17, 15) is 0 Å². The molecule has 0 saturated heterocycles. The van der Waals surface area contributed by atoms with Crippen LogP contribution < -0.4 is 0 Å². The maximum Gasteiger partial charge on any atom is 0.160 e. The summed E-state index contributed by atoms with van der Waals surface area (Å²) in [5.74, 6) is 0.672. The quantitative estimate of drug-likeness (QED) is 0.162. The van der Waals surface area contributed by atoms with Gasteiger partial charge in [-0.15, -0.1) is 0 Å². The third-order valence-electron chi connectivity index (χ3n) is 11.9. The largest absolute Gasteiger partial charge is 0.309 e. The number of aromatic nitrogens is 5. The molecule has 4 aromatic heterocycles. The molecule has 0 saturated carbocycles. The SMILES string of the molecule is c1ccc(-c2nc(-c3cccc(-c4cc5ccccc5c5c(-c6ccccc6)c(-c6ccccc6)nn45)c3)cc(-c3cccc(-n4c5ccccc5c5ccccc54)c3)n2)cc1. The fourth-order valence-electron chi connectivity index (χ4n) is 9.07. The first-order chi connectivity index (χ1) is 30.7. The molecule has 0 radical (unpaired) electrons. The molecule has 62 heavy (non-hydrogen) atoms. The number of hydrogen-bond acceptors (Lipinski definition) is 3. The van der Waals surface area contributed by atoms with Crippen molar-refractivity contribution in [2.75, 3.05) is 0 Å². The Morgan fingerprint density at radius 2 is 0.871 bits per heavy atom. The highest BCUT2D eigenvalue weighted by atomic mass is 15.2. The predicted molar refractivity (Wildman–Crippen MR) is 255 cm³/mol. The number of hydrogen-bond donors (Lipinski definition) is 0. The lowest BCUT2D eigenvalue weighted by atomic mass is 9.96. The Kier molecular flexibility index (Phi) is 8.42. The van der Waals surface area contributed by atoms with Crippen LogP contribution in [0.5, 0.6) is 0 Å². The lowest BCUT2D eigenvalue weighted by molar-refractivity contribution is 0.979. The van der Waals surface area contributed by atoms with Gasteiger partial charge in [-0.25, -0.2) is 14.5 Å². The second kappa shape index (κ2) is 14.7. The molecule has 0 amide bonds. The van der Waals surface area contributed by atoms with Gasteiger partial charge in [0.25, 0.3) is 0 Å². The number of nitrogens with zero attached hydrogens (tertiary/aromatic N) is 5. The smallest absolute Gasteiger partial charge is 0.160 e. The minimum atomic E-state index is 0.672. The van der Waals surface area contributed by atoms with E-state index in [1.54, 1.807) is 0 Å². The van der Waals surface area contributed by atoms with Gasteiger partial charge in [0.15, 0.2) is 5.82 Å². The van der Waals surface area contributed by atoms with E-state index in [2.05, 4.69) is 215 Å². The monoisotopic (exact) mass is 791 g/mol. The van der Waals surface area contributed by atoms with Crippen molar-refractivity contribution in [2.45, 2.75) is 0 Å². The Morgan fingerprint density at radius 3 is 1.55 bits per heavy atom. The second-order valence-electron chi connectivity index (χ2n) is 15.7. The Morgan fingerprint density at radius 1 is 0.355 bits per heavy atom. The topological polar surface area (TPSA) is 48.0 Å². The van der Waals surface area contributed by atoms with E-state index in [1.807, 2.05) is 18.2 Å². The number of para-hydroxylation sites is 2. The molecule has 0 unspecified atom stereocenters. The van der Waals surface area contributed by atoms with Crippen LogP contribution in [0.3, 0.4) is 0 Å². The molecular weight excluding hydrogens is 755 g/mol. The van der Waals surface area contributed by atoms with Crippen LogP contribution in [0.1, 0.15) is 0 Å². The summed E-state index contributed by atoms with van der Waals surface area (Å²) < 4.78 is 4.50. The van der Waals surface area contributed by atoms with Crippen LogP contribution >= 0.6 is 0 Å². The Balaban J connectivity index is 1.05. The summed E-state index contributed by atoms with van der Waals surface area (Å²) in [4.78, 5) is 10.5. The molecule has 12 aromatic rings. The Hall–Kier alpha value is -8.41. The van der Waals surface area contributed by atoms with Crippen molar-refractivity contribution in [3.05, 3.63) is 224 Å². The van der Waals surface area contributed by atoms with Crippen LogP contribution in [-0.4, -0.2) is 24.1 Å². The fourth-order valence-corrected chi connectivity index (χ4v) is 9.07. The molecule has 4 heterocycles. The van der Waals surface area contributed by atoms with Crippen LogP contribution in [0, 0.1) is 0 Å². The summed E-state index contributed by atoms with van der Waals surface area (Å²) in [7, 11) is 0. The van der Waals surface area contributed by atoms with Gasteiger partial charge < -0.3 is 4.57 Å². The van der Waals surface area contributed by atoms with E-state index in [4.69, 9.17) is 15.1 Å². The van der Waals surface area contributed by atoms with Gasteiger partial charge in [-0.3, -0.25) is 0 Å². The van der Waals surface area contributed by atoms with Gasteiger partial charge in [0.1, 0.15) is 5.69 Å². The zero-order valence-electron chi connectivity index (χ0n) is 33.6. The normalized spacial score (nSPS) is 11.5. The van der Waals surface area contributed by atoms with Crippen molar-refractivity contribution < 1.29 is 0 Å². The van der Waals surface area contributed by atoms with Crippen molar-refractivity contribution in [2.24, 2.45) is 0 Å². The molecule has 5 heteroatoms.